The van der Waals surface area contributed by atoms with E-state index >= 15 is 0 Å². The van der Waals surface area contributed by atoms with E-state index in [0.29, 0.717) is 18.4 Å². The van der Waals surface area contributed by atoms with Crippen molar-refractivity contribution in [1.82, 2.24) is 0 Å². The summed E-state index contributed by atoms with van der Waals surface area (Å²) in [6.07, 6.45) is 3.46. The summed E-state index contributed by atoms with van der Waals surface area (Å²) < 4.78 is 6.01. The van der Waals surface area contributed by atoms with E-state index in [-0.39, 0.29) is 23.4 Å². The Bertz CT molecular complexity index is 796. The van der Waals surface area contributed by atoms with Gasteiger partial charge in [-0.15, -0.1) is 0 Å². The first-order valence-electron chi connectivity index (χ1n) is 9.60. The largest absolute Gasteiger partial charge is 0.387 e. The van der Waals surface area contributed by atoms with Crippen LogP contribution in [0.1, 0.15) is 40.0 Å². The lowest BCUT2D eigenvalue weighted by Gasteiger charge is -2.73. The van der Waals surface area contributed by atoms with Crippen molar-refractivity contribution in [2.45, 2.75) is 58.0 Å². The van der Waals surface area contributed by atoms with Gasteiger partial charge in [0.05, 0.1) is 16.9 Å². The van der Waals surface area contributed by atoms with Crippen LogP contribution < -0.4 is 0 Å². The maximum atomic E-state index is 13.4. The van der Waals surface area contributed by atoms with Crippen LogP contribution in [0.5, 0.6) is 0 Å². The predicted molar refractivity (Wildman–Crippen MR) is 92.8 cm³/mol. The molecule has 5 nitrogen and oxygen atoms in total. The summed E-state index contributed by atoms with van der Waals surface area (Å²) in [7, 11) is 0. The Morgan fingerprint density at radius 3 is 2.65 bits per heavy atom. The smallest absolute Gasteiger partial charge is 0.206 e. The van der Waals surface area contributed by atoms with Gasteiger partial charge in [-0.1, -0.05) is 26.5 Å². The van der Waals surface area contributed by atoms with Gasteiger partial charge in [-0.3, -0.25) is 9.59 Å². The minimum Gasteiger partial charge on any atom is -0.387 e. The van der Waals surface area contributed by atoms with Crippen LogP contribution in [0.4, 0.5) is 0 Å². The highest BCUT2D eigenvalue weighted by Gasteiger charge is 2.85. The van der Waals surface area contributed by atoms with Crippen LogP contribution in [0.2, 0.25) is 0 Å². The summed E-state index contributed by atoms with van der Waals surface area (Å²) >= 11 is 0. The molecule has 2 aliphatic heterocycles. The number of allylic oxidation sites excluding steroid dienone is 3. The second-order valence-electron chi connectivity index (χ2n) is 9.69. The van der Waals surface area contributed by atoms with Gasteiger partial charge in [0.25, 0.3) is 0 Å². The normalized spacial score (nSPS) is 56.5. The highest BCUT2D eigenvalue weighted by atomic mass is 16.7. The summed E-state index contributed by atoms with van der Waals surface area (Å²) in [6, 6.07) is 0. The number of carbonyl (C=O) groups is 2. The predicted octanol–water partition coefficient (Wildman–Crippen LogP) is 1.78. The number of ketones is 2. The summed E-state index contributed by atoms with van der Waals surface area (Å²) in [5.74, 6) is -3.08. The van der Waals surface area contributed by atoms with E-state index in [0.717, 1.165) is 6.42 Å². The molecule has 140 valence electrons. The van der Waals surface area contributed by atoms with E-state index < -0.39 is 40.2 Å². The van der Waals surface area contributed by atoms with Gasteiger partial charge in [-0.2, -0.15) is 0 Å². The average molecular weight is 358 g/mol. The first kappa shape index (κ1) is 16.8. The zero-order valence-corrected chi connectivity index (χ0v) is 15.5. The number of ether oxygens (including phenoxy) is 1. The molecule has 6 rings (SSSR count). The van der Waals surface area contributed by atoms with Gasteiger partial charge >= 0.3 is 0 Å². The summed E-state index contributed by atoms with van der Waals surface area (Å²) in [4.78, 5) is 26.7. The standard InChI is InChI=1S/C21H26O5/c1-10-12-5-6-13-19(9-12,16(10)23)21(25)17(24)15-18(3,4)8-7-14(22)20(13,15)11(2)26-21/h7-8,11-13,15,17,24-25H,1,5-6,9H2,2-4H3/t11?,12-,13-,15-,17+,19+,20-,21?/m1/s1. The van der Waals surface area contributed by atoms with Crippen molar-refractivity contribution >= 4 is 11.6 Å². The number of hydrogen-bond donors (Lipinski definition) is 2. The van der Waals surface area contributed by atoms with Crippen molar-refractivity contribution in [2.75, 3.05) is 0 Å². The van der Waals surface area contributed by atoms with Crippen molar-refractivity contribution < 1.29 is 24.5 Å². The number of aliphatic hydroxyl groups is 2. The highest BCUT2D eigenvalue weighted by Crippen LogP contribution is 2.76. The first-order valence-corrected chi connectivity index (χ1v) is 9.60. The number of fused-ring (bicyclic) bond motifs is 2. The molecule has 3 saturated carbocycles. The summed E-state index contributed by atoms with van der Waals surface area (Å²) in [6.45, 7) is 9.75. The lowest BCUT2D eigenvalue weighted by molar-refractivity contribution is -0.441. The lowest BCUT2D eigenvalue weighted by Crippen LogP contribution is -2.84. The first-order chi connectivity index (χ1) is 12.0. The van der Waals surface area contributed by atoms with Crippen molar-refractivity contribution in [3.63, 3.8) is 0 Å². The molecule has 26 heavy (non-hydrogen) atoms. The molecule has 0 radical (unpaired) electrons. The lowest BCUT2D eigenvalue weighted by atomic mass is 9.36. The Kier molecular flexibility index (Phi) is 2.85. The maximum Gasteiger partial charge on any atom is 0.206 e. The van der Waals surface area contributed by atoms with Gasteiger partial charge < -0.3 is 14.9 Å². The van der Waals surface area contributed by atoms with E-state index in [1.807, 2.05) is 26.8 Å². The molecule has 4 bridgehead atoms. The minimum absolute atomic E-state index is 0.00493. The molecular weight excluding hydrogens is 332 g/mol. The van der Waals surface area contributed by atoms with Gasteiger partial charge in [0.2, 0.25) is 5.79 Å². The van der Waals surface area contributed by atoms with Gasteiger partial charge in [0, 0.05) is 5.92 Å². The van der Waals surface area contributed by atoms with E-state index in [4.69, 9.17) is 4.74 Å². The van der Waals surface area contributed by atoms with Crippen molar-refractivity contribution in [3.8, 4) is 0 Å². The van der Waals surface area contributed by atoms with E-state index in [9.17, 15) is 19.8 Å². The van der Waals surface area contributed by atoms with Crippen molar-refractivity contribution in [3.05, 3.63) is 24.3 Å². The topological polar surface area (TPSA) is 83.8 Å². The van der Waals surface area contributed by atoms with E-state index in [2.05, 4.69) is 6.58 Å². The maximum absolute atomic E-state index is 13.4. The summed E-state index contributed by atoms with van der Waals surface area (Å²) in [5.41, 5.74) is -2.22. The molecule has 0 aromatic carbocycles. The van der Waals surface area contributed by atoms with Crippen LogP contribution in [0.25, 0.3) is 0 Å². The Morgan fingerprint density at radius 2 is 1.96 bits per heavy atom. The van der Waals surface area contributed by atoms with Crippen LogP contribution in [0.3, 0.4) is 0 Å². The average Bonchev–Trinajstić information content (AvgIpc) is 2.76. The number of carbonyl (C=O) groups excluding carboxylic acids is 2. The van der Waals surface area contributed by atoms with Gasteiger partial charge in [0.1, 0.15) is 6.10 Å². The SMILES string of the molecule is C=C1C(=O)[C@]23C[C@H]1CC[C@H]2[C@]12C(=O)C=CC(C)(C)[C@H]1[C@H](O)C3(O)OC2C. The molecule has 2 spiro atoms. The van der Waals surface area contributed by atoms with E-state index in [1.54, 1.807) is 6.08 Å². The monoisotopic (exact) mass is 358 g/mol. The van der Waals surface area contributed by atoms with Crippen LogP contribution in [-0.2, 0) is 14.3 Å². The third-order valence-electron chi connectivity index (χ3n) is 8.53. The summed E-state index contributed by atoms with van der Waals surface area (Å²) in [5, 5.41) is 23.0. The zero-order valence-electron chi connectivity index (χ0n) is 15.5. The third-order valence-corrected chi connectivity index (χ3v) is 8.53. The molecule has 6 aliphatic rings. The minimum atomic E-state index is -1.97. The van der Waals surface area contributed by atoms with Gasteiger partial charge in [-0.05, 0) is 55.1 Å². The van der Waals surface area contributed by atoms with Crippen LogP contribution >= 0.6 is 0 Å². The van der Waals surface area contributed by atoms with Gasteiger partial charge in [0.15, 0.2) is 11.6 Å². The van der Waals surface area contributed by atoms with Crippen LogP contribution in [0, 0.1) is 34.0 Å². The molecule has 2 unspecified atom stereocenters. The van der Waals surface area contributed by atoms with Gasteiger partial charge in [-0.25, -0.2) is 0 Å². The Labute approximate surface area is 153 Å². The molecule has 5 heteroatoms. The Hall–Kier alpha value is -1.30. The number of Topliss-reactive ketones (excluding diaryl/α,β-unsaturated/α-hetero) is 1. The van der Waals surface area contributed by atoms with Crippen LogP contribution in [0.15, 0.2) is 24.3 Å². The molecular formula is C21H26O5. The number of hydrogen-bond acceptors (Lipinski definition) is 5. The van der Waals surface area contributed by atoms with Crippen molar-refractivity contribution in [1.29, 1.82) is 0 Å². The number of rotatable bonds is 0. The number of aliphatic hydroxyl groups excluding tert-OH is 1. The molecule has 2 heterocycles. The fourth-order valence-corrected chi connectivity index (χ4v) is 7.60. The molecule has 2 saturated heterocycles. The molecule has 2 N–H and O–H groups in total. The quantitative estimate of drug-likeness (QED) is 0.645. The fourth-order valence-electron chi connectivity index (χ4n) is 7.60. The Balaban J connectivity index is 1.85. The molecule has 0 aromatic rings. The zero-order chi connectivity index (χ0) is 18.9. The van der Waals surface area contributed by atoms with Crippen molar-refractivity contribution in [2.24, 2.45) is 34.0 Å². The van der Waals surface area contributed by atoms with E-state index in [1.165, 1.54) is 0 Å². The third kappa shape index (κ3) is 1.36. The highest BCUT2D eigenvalue weighted by molar-refractivity contribution is 6.06. The second-order valence-corrected chi connectivity index (χ2v) is 9.69. The molecule has 0 aromatic heterocycles. The second kappa shape index (κ2) is 4.40. The molecule has 5 fully saturated rings. The molecule has 4 aliphatic carbocycles. The fraction of sp³-hybridized carbons (Fsp3) is 0.714. The van der Waals surface area contributed by atoms with Crippen LogP contribution in [-0.4, -0.2) is 39.8 Å². The Morgan fingerprint density at radius 1 is 1.27 bits per heavy atom. The molecule has 0 amide bonds. The molecule has 8 atom stereocenters.